The van der Waals surface area contributed by atoms with E-state index < -0.39 is 29.7 Å². The van der Waals surface area contributed by atoms with Crippen LogP contribution in [-0.4, -0.2) is 11.1 Å². The molecule has 0 saturated carbocycles. The van der Waals surface area contributed by atoms with E-state index in [-0.39, 0.29) is 17.7 Å². The molecule has 0 saturated heterocycles. The molecule has 8 heteroatoms. The van der Waals surface area contributed by atoms with E-state index in [1.165, 1.54) is 36.4 Å². The molecule has 0 spiro atoms. The van der Waals surface area contributed by atoms with Gasteiger partial charge in [-0.05, 0) is 69.8 Å². The number of carboxylic acid groups (broad SMARTS) is 1. The molecule has 1 N–H and O–H groups in total. The van der Waals surface area contributed by atoms with Crippen LogP contribution in [0.2, 0.25) is 0 Å². The first-order valence-electron chi connectivity index (χ1n) is 11.4. The molecule has 0 aromatic heterocycles. The van der Waals surface area contributed by atoms with E-state index in [2.05, 4.69) is 0 Å². The molecule has 4 aromatic carbocycles. The molecular formula is C30H21F5O3. The van der Waals surface area contributed by atoms with E-state index in [4.69, 9.17) is 9.84 Å². The lowest BCUT2D eigenvalue weighted by molar-refractivity contribution is -0.137. The van der Waals surface area contributed by atoms with Gasteiger partial charge in [-0.3, -0.25) is 0 Å². The second-order valence-electron chi connectivity index (χ2n) is 8.38. The highest BCUT2D eigenvalue weighted by Crippen LogP contribution is 2.39. The van der Waals surface area contributed by atoms with Crippen LogP contribution < -0.4 is 4.74 Å². The quantitative estimate of drug-likeness (QED) is 0.185. The first kappa shape index (κ1) is 26.6. The normalized spacial score (nSPS) is 11.7. The molecular weight excluding hydrogens is 503 g/mol. The number of hydrogen-bond donors (Lipinski definition) is 1. The Labute approximate surface area is 215 Å². The molecule has 38 heavy (non-hydrogen) atoms. The molecule has 0 bridgehead atoms. The minimum absolute atomic E-state index is 0.0114. The van der Waals surface area contributed by atoms with Gasteiger partial charge in [-0.25, -0.2) is 13.6 Å². The van der Waals surface area contributed by atoms with Gasteiger partial charge in [0.2, 0.25) is 0 Å². The molecule has 0 radical (unpaired) electrons. The number of aliphatic carboxylic acids is 1. The second kappa shape index (κ2) is 11.3. The molecule has 4 rings (SSSR count). The van der Waals surface area contributed by atoms with Crippen molar-refractivity contribution in [3.63, 3.8) is 0 Å². The third-order valence-electron chi connectivity index (χ3n) is 5.78. The van der Waals surface area contributed by atoms with Crippen molar-refractivity contribution in [3.05, 3.63) is 119 Å². The van der Waals surface area contributed by atoms with E-state index in [0.717, 1.165) is 23.8 Å². The lowest BCUT2D eigenvalue weighted by Crippen LogP contribution is -2.04. The van der Waals surface area contributed by atoms with Crippen molar-refractivity contribution in [1.29, 1.82) is 0 Å². The third kappa shape index (κ3) is 6.45. The topological polar surface area (TPSA) is 46.5 Å². The first-order valence-corrected chi connectivity index (χ1v) is 11.4. The van der Waals surface area contributed by atoms with Gasteiger partial charge in [0.1, 0.15) is 12.4 Å². The molecule has 3 nitrogen and oxygen atoms in total. The number of carboxylic acids is 1. The van der Waals surface area contributed by atoms with Gasteiger partial charge in [0.25, 0.3) is 6.43 Å². The number of benzene rings is 4. The molecule has 4 aromatic rings. The number of ether oxygens (including phenoxy) is 1. The summed E-state index contributed by atoms with van der Waals surface area (Å²) in [6, 6.07) is 22.5. The van der Waals surface area contributed by atoms with Gasteiger partial charge in [0, 0.05) is 11.6 Å². The van der Waals surface area contributed by atoms with Crippen LogP contribution in [-0.2, 0) is 17.6 Å². The van der Waals surface area contributed by atoms with Crippen LogP contribution in [0.15, 0.2) is 97.1 Å². The van der Waals surface area contributed by atoms with Crippen LogP contribution in [0.1, 0.15) is 28.7 Å². The standard InChI is InChI=1S/C30H21F5O3/c31-29(32)27-17-22(9-12-26(27)20-7-4-8-23(15-20)30(33,34)35)25-13-11-24(16-21(25)10-14-28(36)37)38-18-19-5-2-1-3-6-19/h1-17,29H,18H2,(H,36,37)/b14-10+. The monoisotopic (exact) mass is 524 g/mol. The van der Waals surface area contributed by atoms with Crippen molar-refractivity contribution < 1.29 is 36.6 Å². The summed E-state index contributed by atoms with van der Waals surface area (Å²) in [5.74, 6) is -0.753. The van der Waals surface area contributed by atoms with Crippen molar-refractivity contribution >= 4 is 12.0 Å². The van der Waals surface area contributed by atoms with Crippen molar-refractivity contribution in [3.8, 4) is 28.0 Å². The van der Waals surface area contributed by atoms with Crippen LogP contribution in [0.4, 0.5) is 22.0 Å². The van der Waals surface area contributed by atoms with Crippen molar-refractivity contribution in [2.24, 2.45) is 0 Å². The predicted molar refractivity (Wildman–Crippen MR) is 135 cm³/mol. The van der Waals surface area contributed by atoms with Crippen molar-refractivity contribution in [1.82, 2.24) is 0 Å². The fourth-order valence-corrected chi connectivity index (χ4v) is 3.97. The van der Waals surface area contributed by atoms with Crippen molar-refractivity contribution in [2.75, 3.05) is 0 Å². The fraction of sp³-hybridized carbons (Fsp3) is 0.100. The highest BCUT2D eigenvalue weighted by molar-refractivity contribution is 5.88. The van der Waals surface area contributed by atoms with Gasteiger partial charge in [-0.15, -0.1) is 0 Å². The summed E-state index contributed by atoms with van der Waals surface area (Å²) in [7, 11) is 0. The Balaban J connectivity index is 1.74. The van der Waals surface area contributed by atoms with Crippen molar-refractivity contribution in [2.45, 2.75) is 19.2 Å². The molecule has 0 atom stereocenters. The number of halogens is 5. The average molecular weight is 524 g/mol. The summed E-state index contributed by atoms with van der Waals surface area (Å²) in [6.45, 7) is 0.267. The first-order chi connectivity index (χ1) is 18.1. The Morgan fingerprint density at radius 3 is 2.24 bits per heavy atom. The molecule has 0 fully saturated rings. The van der Waals surface area contributed by atoms with Gasteiger partial charge in [-0.2, -0.15) is 13.2 Å². The lowest BCUT2D eigenvalue weighted by atomic mass is 9.92. The van der Waals surface area contributed by atoms with Gasteiger partial charge < -0.3 is 9.84 Å². The summed E-state index contributed by atoms with van der Waals surface area (Å²) in [6.07, 6.45) is -5.33. The zero-order chi connectivity index (χ0) is 27.3. The van der Waals surface area contributed by atoms with Gasteiger partial charge >= 0.3 is 12.1 Å². The van der Waals surface area contributed by atoms with Crippen LogP contribution >= 0.6 is 0 Å². The fourth-order valence-electron chi connectivity index (χ4n) is 3.97. The largest absolute Gasteiger partial charge is 0.489 e. The summed E-state index contributed by atoms with van der Waals surface area (Å²) < 4.78 is 73.5. The molecule has 0 heterocycles. The van der Waals surface area contributed by atoms with Gasteiger partial charge in [-0.1, -0.05) is 60.7 Å². The van der Waals surface area contributed by atoms with E-state index in [0.29, 0.717) is 22.4 Å². The Morgan fingerprint density at radius 2 is 1.55 bits per heavy atom. The van der Waals surface area contributed by atoms with E-state index >= 15 is 0 Å². The Morgan fingerprint density at radius 1 is 0.842 bits per heavy atom. The predicted octanol–water partition coefficient (Wildman–Crippen LogP) is 8.65. The summed E-state index contributed by atoms with van der Waals surface area (Å²) >= 11 is 0. The molecule has 0 aliphatic heterocycles. The summed E-state index contributed by atoms with van der Waals surface area (Å²) in [4.78, 5) is 11.2. The van der Waals surface area contributed by atoms with E-state index in [1.54, 1.807) is 18.2 Å². The molecule has 0 aliphatic carbocycles. The SMILES string of the molecule is O=C(O)/C=C/c1cc(OCc2ccccc2)ccc1-c1ccc(-c2cccc(C(F)(F)F)c2)c(C(F)F)c1. The van der Waals surface area contributed by atoms with Gasteiger partial charge in [0.15, 0.2) is 0 Å². The average Bonchev–Trinajstić information content (AvgIpc) is 2.90. The van der Waals surface area contributed by atoms with Gasteiger partial charge in [0.05, 0.1) is 5.56 Å². The number of rotatable bonds is 8. The third-order valence-corrected chi connectivity index (χ3v) is 5.78. The highest BCUT2D eigenvalue weighted by Gasteiger charge is 2.30. The zero-order valence-corrected chi connectivity index (χ0v) is 19.8. The molecule has 194 valence electrons. The highest BCUT2D eigenvalue weighted by atomic mass is 19.4. The smallest absolute Gasteiger partial charge is 0.416 e. The second-order valence-corrected chi connectivity index (χ2v) is 8.38. The van der Waals surface area contributed by atoms with Crippen LogP contribution in [0, 0.1) is 0 Å². The Bertz CT molecular complexity index is 1460. The van der Waals surface area contributed by atoms with E-state index in [9.17, 15) is 26.7 Å². The number of alkyl halides is 5. The summed E-state index contributed by atoms with van der Waals surface area (Å²) in [5.41, 5.74) is 0.724. The maximum absolute atomic E-state index is 14.1. The molecule has 0 unspecified atom stereocenters. The number of carbonyl (C=O) groups is 1. The lowest BCUT2D eigenvalue weighted by Gasteiger charge is -2.15. The minimum atomic E-state index is -4.61. The van der Waals surface area contributed by atoms with Crippen LogP contribution in [0.5, 0.6) is 5.75 Å². The van der Waals surface area contributed by atoms with E-state index in [1.807, 2.05) is 30.3 Å². The summed E-state index contributed by atoms with van der Waals surface area (Å²) in [5, 5.41) is 9.12. The zero-order valence-electron chi connectivity index (χ0n) is 19.8. The maximum Gasteiger partial charge on any atom is 0.416 e. The Hall–Kier alpha value is -4.46. The maximum atomic E-state index is 14.1. The minimum Gasteiger partial charge on any atom is -0.489 e. The van der Waals surface area contributed by atoms with Crippen LogP contribution in [0.3, 0.4) is 0 Å². The number of hydrogen-bond acceptors (Lipinski definition) is 2. The Kier molecular flexibility index (Phi) is 7.90. The van der Waals surface area contributed by atoms with Crippen LogP contribution in [0.25, 0.3) is 28.3 Å². The molecule has 0 amide bonds. The molecule has 0 aliphatic rings.